The van der Waals surface area contributed by atoms with Crippen LogP contribution in [0.3, 0.4) is 0 Å². The summed E-state index contributed by atoms with van der Waals surface area (Å²) in [6.45, 7) is 2.08. The van der Waals surface area contributed by atoms with E-state index in [1.165, 1.54) is 5.57 Å². The second-order valence-electron chi connectivity index (χ2n) is 2.16. The van der Waals surface area contributed by atoms with Crippen LogP contribution in [0.1, 0.15) is 6.92 Å². The number of allylic oxidation sites excluding steroid dienone is 2. The van der Waals surface area contributed by atoms with Gasteiger partial charge in [-0.1, -0.05) is 0 Å². The molecule has 0 spiro atoms. The van der Waals surface area contributed by atoms with E-state index in [1.807, 2.05) is 0 Å². The van der Waals surface area contributed by atoms with Crippen LogP contribution in [0.5, 0.6) is 0 Å². The highest BCUT2D eigenvalue weighted by Crippen LogP contribution is 2.72. The highest BCUT2D eigenvalue weighted by atomic mass is 35.9. The SMILES string of the molecule is CC1=CC[P+](Cl)(Cl)C1. The summed E-state index contributed by atoms with van der Waals surface area (Å²) < 4.78 is 0. The molecular formula is C5H8Cl2P+. The summed E-state index contributed by atoms with van der Waals surface area (Å²) in [4.78, 5) is 0. The highest BCUT2D eigenvalue weighted by Gasteiger charge is 2.37. The van der Waals surface area contributed by atoms with Crippen molar-refractivity contribution in [2.45, 2.75) is 6.92 Å². The Balaban J connectivity index is 2.55. The minimum atomic E-state index is -1.50. The second kappa shape index (κ2) is 2.17. The van der Waals surface area contributed by atoms with E-state index in [0.29, 0.717) is 0 Å². The van der Waals surface area contributed by atoms with Gasteiger partial charge in [0.15, 0.2) is 0 Å². The fraction of sp³-hybridized carbons (Fsp3) is 0.600. The van der Waals surface area contributed by atoms with Crippen LogP contribution in [0.4, 0.5) is 0 Å². The quantitative estimate of drug-likeness (QED) is 0.386. The van der Waals surface area contributed by atoms with Crippen LogP contribution in [0, 0.1) is 0 Å². The van der Waals surface area contributed by atoms with Crippen molar-refractivity contribution in [2.75, 3.05) is 12.3 Å². The number of hydrogen-bond donors (Lipinski definition) is 0. The molecule has 0 aromatic rings. The third kappa shape index (κ3) is 1.62. The van der Waals surface area contributed by atoms with Gasteiger partial charge in [0.25, 0.3) is 0 Å². The van der Waals surface area contributed by atoms with Crippen LogP contribution in [0.2, 0.25) is 0 Å². The van der Waals surface area contributed by atoms with Crippen molar-refractivity contribution in [1.82, 2.24) is 0 Å². The first kappa shape index (κ1) is 6.86. The highest BCUT2D eigenvalue weighted by molar-refractivity contribution is 8.17. The Morgan fingerprint density at radius 2 is 2.25 bits per heavy atom. The number of halogens is 2. The van der Waals surface area contributed by atoms with Crippen LogP contribution in [-0.4, -0.2) is 12.3 Å². The molecule has 1 heterocycles. The van der Waals surface area contributed by atoms with Gasteiger partial charge in [-0.2, -0.15) is 0 Å². The predicted octanol–water partition coefficient (Wildman–Crippen LogP) is 3.27. The molecular weight excluding hydrogens is 162 g/mol. The lowest BCUT2D eigenvalue weighted by atomic mass is 10.3. The normalized spacial score (nSPS) is 25.6. The summed E-state index contributed by atoms with van der Waals surface area (Å²) >= 11 is 11.8. The summed E-state index contributed by atoms with van der Waals surface area (Å²) in [7, 11) is 0. The molecule has 0 fully saturated rings. The summed E-state index contributed by atoms with van der Waals surface area (Å²) in [5, 5.41) is 0. The van der Waals surface area contributed by atoms with Crippen molar-refractivity contribution in [2.24, 2.45) is 0 Å². The molecule has 1 aliphatic heterocycles. The van der Waals surface area contributed by atoms with Crippen LogP contribution in [0.15, 0.2) is 11.6 Å². The van der Waals surface area contributed by atoms with E-state index in [1.54, 1.807) is 0 Å². The maximum atomic E-state index is 5.89. The largest absolute Gasteiger partial charge is 0.219 e. The fourth-order valence-electron chi connectivity index (χ4n) is 0.783. The van der Waals surface area contributed by atoms with E-state index < -0.39 is 5.97 Å². The fourth-order valence-corrected chi connectivity index (χ4v) is 3.90. The van der Waals surface area contributed by atoms with E-state index in [2.05, 4.69) is 13.0 Å². The molecule has 0 atom stereocenters. The smallest absolute Gasteiger partial charge is 0.0421 e. The average Bonchev–Trinajstić information content (AvgIpc) is 1.82. The van der Waals surface area contributed by atoms with E-state index >= 15 is 0 Å². The summed E-state index contributed by atoms with van der Waals surface area (Å²) in [5.74, 6) is -1.50. The van der Waals surface area contributed by atoms with Crippen molar-refractivity contribution >= 4 is 28.4 Å². The van der Waals surface area contributed by atoms with Gasteiger partial charge < -0.3 is 0 Å². The molecule has 46 valence electrons. The average molecular weight is 170 g/mol. The van der Waals surface area contributed by atoms with Gasteiger partial charge in [0.05, 0.1) is 0 Å². The molecule has 0 N–H and O–H groups in total. The molecule has 0 saturated carbocycles. The Kier molecular flexibility index (Phi) is 1.86. The van der Waals surface area contributed by atoms with E-state index in [0.717, 1.165) is 12.3 Å². The third-order valence-corrected chi connectivity index (χ3v) is 4.41. The zero-order chi connectivity index (χ0) is 6.20. The Labute approximate surface area is 59.8 Å². The molecule has 0 aliphatic carbocycles. The van der Waals surface area contributed by atoms with Crippen LogP contribution >= 0.6 is 28.4 Å². The maximum Gasteiger partial charge on any atom is 0.219 e. The van der Waals surface area contributed by atoms with Gasteiger partial charge in [0.2, 0.25) is 5.97 Å². The Morgan fingerprint density at radius 1 is 1.62 bits per heavy atom. The van der Waals surface area contributed by atoms with E-state index in [9.17, 15) is 0 Å². The summed E-state index contributed by atoms with van der Waals surface area (Å²) in [6.07, 6.45) is 3.99. The number of hydrogen-bond acceptors (Lipinski definition) is 0. The topological polar surface area (TPSA) is 0 Å². The van der Waals surface area contributed by atoms with Crippen LogP contribution in [-0.2, 0) is 0 Å². The minimum absolute atomic E-state index is 0.919. The first-order valence-electron chi connectivity index (χ1n) is 2.52. The van der Waals surface area contributed by atoms with Gasteiger partial charge >= 0.3 is 0 Å². The number of rotatable bonds is 0. The lowest BCUT2D eigenvalue weighted by Crippen LogP contribution is -1.77. The van der Waals surface area contributed by atoms with Crippen molar-refractivity contribution in [3.8, 4) is 0 Å². The standard InChI is InChI=1S/C5H8Cl2P/c1-5-2-3-8(6,7)4-5/h2H,3-4H2,1H3/q+1. The molecule has 0 radical (unpaired) electrons. The van der Waals surface area contributed by atoms with Crippen molar-refractivity contribution in [3.63, 3.8) is 0 Å². The zero-order valence-corrected chi connectivity index (χ0v) is 7.10. The van der Waals surface area contributed by atoms with Crippen LogP contribution in [0.25, 0.3) is 0 Å². The van der Waals surface area contributed by atoms with Gasteiger partial charge in [-0.05, 0) is 18.6 Å². The third-order valence-electron chi connectivity index (χ3n) is 1.19. The monoisotopic (exact) mass is 169 g/mol. The van der Waals surface area contributed by atoms with Crippen LogP contribution < -0.4 is 0 Å². The first-order chi connectivity index (χ1) is 3.60. The van der Waals surface area contributed by atoms with Gasteiger partial charge in [-0.3, -0.25) is 0 Å². The molecule has 0 aromatic carbocycles. The molecule has 0 saturated heterocycles. The summed E-state index contributed by atoms with van der Waals surface area (Å²) in [5.41, 5.74) is 1.35. The molecule has 8 heavy (non-hydrogen) atoms. The maximum absolute atomic E-state index is 5.89. The molecule has 1 aliphatic rings. The van der Waals surface area contributed by atoms with Gasteiger partial charge in [0, 0.05) is 0 Å². The summed E-state index contributed by atoms with van der Waals surface area (Å²) in [6, 6.07) is 0. The lowest BCUT2D eigenvalue weighted by Gasteiger charge is -1.97. The van der Waals surface area contributed by atoms with Gasteiger partial charge in [-0.15, -0.1) is 0 Å². The van der Waals surface area contributed by atoms with Gasteiger partial charge in [0.1, 0.15) is 34.8 Å². The van der Waals surface area contributed by atoms with E-state index in [4.69, 9.17) is 22.5 Å². The lowest BCUT2D eigenvalue weighted by molar-refractivity contribution is 1.42. The molecule has 0 unspecified atom stereocenters. The molecule has 1 rings (SSSR count). The molecule has 0 bridgehead atoms. The second-order valence-corrected chi connectivity index (χ2v) is 8.77. The predicted molar refractivity (Wildman–Crippen MR) is 42.1 cm³/mol. The molecule has 0 aromatic heterocycles. The molecule has 0 nitrogen and oxygen atoms in total. The van der Waals surface area contributed by atoms with Crippen molar-refractivity contribution in [1.29, 1.82) is 0 Å². The van der Waals surface area contributed by atoms with E-state index in [-0.39, 0.29) is 0 Å². The minimum Gasteiger partial charge on any atom is -0.0421 e. The van der Waals surface area contributed by atoms with Crippen molar-refractivity contribution < 1.29 is 0 Å². The Hall–Kier alpha value is 0.750. The Morgan fingerprint density at radius 3 is 2.38 bits per heavy atom. The Bertz CT molecular complexity index is 128. The zero-order valence-electron chi connectivity index (χ0n) is 4.69. The first-order valence-corrected chi connectivity index (χ1v) is 6.49. The molecule has 0 amide bonds. The van der Waals surface area contributed by atoms with Gasteiger partial charge in [-0.25, -0.2) is 0 Å². The molecule has 3 heteroatoms. The van der Waals surface area contributed by atoms with Crippen molar-refractivity contribution in [3.05, 3.63) is 11.6 Å².